The van der Waals surface area contributed by atoms with Gasteiger partial charge in [0.2, 0.25) is 0 Å². The zero-order valence-electron chi connectivity index (χ0n) is 75.6. The van der Waals surface area contributed by atoms with Gasteiger partial charge in [0.1, 0.15) is 68.8 Å². The van der Waals surface area contributed by atoms with Crippen LogP contribution in [0.3, 0.4) is 0 Å². The van der Waals surface area contributed by atoms with Gasteiger partial charge in [0, 0.05) is 147 Å². The third-order valence-electron chi connectivity index (χ3n) is 21.3. The van der Waals surface area contributed by atoms with Crippen molar-refractivity contribution >= 4 is 69.6 Å². The van der Waals surface area contributed by atoms with E-state index in [1.54, 1.807) is 304 Å². The molecule has 0 spiro atoms. The van der Waals surface area contributed by atoms with Crippen LogP contribution in [0.4, 0.5) is 40.1 Å². The van der Waals surface area contributed by atoms with Gasteiger partial charge in [0.15, 0.2) is 0 Å². The van der Waals surface area contributed by atoms with Crippen LogP contribution in [0.25, 0.3) is 55.9 Å². The molecule has 0 radical (unpaired) electrons. The number of H-pyrrole nitrogens is 5. The number of nitrogens with one attached hydrogen (secondary N) is 13. The van der Waals surface area contributed by atoms with Crippen LogP contribution in [0, 0.1) is 0 Å². The van der Waals surface area contributed by atoms with Crippen molar-refractivity contribution in [2.75, 3.05) is 118 Å². The summed E-state index contributed by atoms with van der Waals surface area (Å²) in [5, 5.41) is 32.2. The van der Waals surface area contributed by atoms with Crippen molar-refractivity contribution in [1.82, 2.24) is 70.0 Å². The number of pyridine rings is 8. The standard InChI is InChI=1S/C24H28N6O4.C22H24N6O3.C19H17N3O3.2C18H15N3O3/c1-25-22-16-26-15-21(28-22)18-13-20(24(32)27-14-18)29-23(31)17-3-5-19(6-4-17)34-10-2-7-30-8-11-33-12-9-30;1-23-20-13-25-12-19(27-20)15-10-18(22(30)26-11-15)28-21(29)14-2-4-16(5-3-14)31-17-6-8-24-9-7-17;1-12(23)14-3-2-4-16(9-14)22-19(25)17-10-15(11-21-18(17)24)13-5-7-20-8-6-13;1-24-15-4-2-14(3-5-15)21-18(23)16-10-13(11-20-17(16)22)12-6-8-19-9-7-12;1-24-15-4-2-3-14(10-15)21-18(23)16-9-13(11-20-17(16)22)12-5-7-19-8-6-12/h3-6,13-16H,2,7-12H2,1H3,(H,25,28)(H,27,32)(H,29,31);2-5,10-13,17,24H,6-9H2,1H3,(H,23,27)(H,26,30)(H,28,29);2-12,23H,1H3,(H,21,24)(H,22,25);2*2-11H,1H3,(H,20,22)(H,21,23). The van der Waals surface area contributed by atoms with Crippen molar-refractivity contribution in [1.29, 1.82) is 0 Å². The zero-order chi connectivity index (χ0) is 97.1. The molecule has 0 saturated carbocycles. The maximum Gasteiger partial charge on any atom is 0.271 e. The minimum Gasteiger partial charge on any atom is -0.497 e. The molecule has 5 amide bonds. The number of nitrogens with zero attached hydrogens (tertiary/aromatic N) is 8. The summed E-state index contributed by atoms with van der Waals surface area (Å²) in [6, 6.07) is 53.1. The van der Waals surface area contributed by atoms with E-state index in [9.17, 15) is 53.1 Å². The number of ether oxygens (including phenoxy) is 5. The fourth-order valence-electron chi connectivity index (χ4n) is 13.8. The molecule has 14 N–H and O–H groups in total. The Hall–Kier alpha value is -17.6. The Morgan fingerprint density at radius 2 is 0.841 bits per heavy atom. The van der Waals surface area contributed by atoms with Crippen molar-refractivity contribution in [3.05, 3.63) is 366 Å². The van der Waals surface area contributed by atoms with Gasteiger partial charge in [-0.3, -0.25) is 77.8 Å². The van der Waals surface area contributed by atoms with Crippen LogP contribution in [0.1, 0.15) is 89.6 Å². The molecule has 704 valence electrons. The number of carbonyl (C=O) groups is 5. The second kappa shape index (κ2) is 49.3. The summed E-state index contributed by atoms with van der Waals surface area (Å²) in [5.41, 5.74) is 8.46. The SMILES string of the molecule is CC(O)c1cccc(NC(=O)c2cc(-c3ccncc3)c[nH]c2=O)c1.CNc1cncc(-c2c[nH]c(=O)c(NC(=O)c3ccc(OC4CCNCC4)cc3)c2)n1.CNc1cncc(-c2c[nH]c(=O)c(NC(=O)c3ccc(OCCCN4CCOCC4)cc3)c2)n1.COc1ccc(NC(=O)c2cc(-c3ccncc3)c[nH]c2=O)cc1.COc1cccc(NC(=O)c2cc(-c3ccncc3)c[nH]c2=O)c1. The number of aromatic nitrogens is 12. The predicted molar refractivity (Wildman–Crippen MR) is 526 cm³/mol. The van der Waals surface area contributed by atoms with Crippen LogP contribution >= 0.6 is 0 Å². The molecule has 0 bridgehead atoms. The lowest BCUT2D eigenvalue weighted by molar-refractivity contribution is 0.0358. The smallest absolute Gasteiger partial charge is 0.271 e. The van der Waals surface area contributed by atoms with E-state index in [0.717, 1.165) is 98.8 Å². The highest BCUT2D eigenvalue weighted by Gasteiger charge is 2.22. The van der Waals surface area contributed by atoms with Crippen molar-refractivity contribution in [3.8, 4) is 78.9 Å². The quantitative estimate of drug-likeness (QED) is 0.0213. The second-order valence-electron chi connectivity index (χ2n) is 30.7. The summed E-state index contributed by atoms with van der Waals surface area (Å²) in [4.78, 5) is 168. The highest BCUT2D eigenvalue weighted by Crippen LogP contribution is 2.28. The third-order valence-corrected chi connectivity index (χ3v) is 21.3. The average molecular weight is 1860 g/mol. The van der Waals surface area contributed by atoms with Crippen LogP contribution in [-0.4, -0.2) is 186 Å². The predicted octanol–water partition coefficient (Wildman–Crippen LogP) is 12.6. The van der Waals surface area contributed by atoms with Gasteiger partial charge in [0.05, 0.1) is 76.3 Å². The number of piperidine rings is 1. The lowest BCUT2D eigenvalue weighted by atomic mass is 10.1. The minimum absolute atomic E-state index is 0.0109. The Bertz CT molecular complexity index is 6960. The number of amides is 5. The summed E-state index contributed by atoms with van der Waals surface area (Å²) in [5.74, 6) is 1.67. The van der Waals surface area contributed by atoms with Crippen LogP contribution in [0.15, 0.2) is 305 Å². The molecule has 1 unspecified atom stereocenters. The molecule has 37 heteroatoms. The number of aliphatic hydroxyl groups is 1. The Balaban J connectivity index is 0.000000147. The van der Waals surface area contributed by atoms with E-state index in [1.807, 2.05) is 0 Å². The Morgan fingerprint density at radius 3 is 1.28 bits per heavy atom. The molecule has 2 saturated heterocycles. The lowest BCUT2D eigenvalue weighted by Crippen LogP contribution is -2.37. The number of aliphatic hydroxyl groups excluding tert-OH is 1. The lowest BCUT2D eigenvalue weighted by Gasteiger charge is -2.26. The van der Waals surface area contributed by atoms with Crippen molar-refractivity contribution in [2.24, 2.45) is 0 Å². The number of morpholine rings is 1. The number of rotatable bonds is 27. The fraction of sp³-hybridized carbons (Fsp3) is 0.178. The molecule has 37 nitrogen and oxygen atoms in total. The third kappa shape index (κ3) is 28.3. The van der Waals surface area contributed by atoms with Gasteiger partial charge in [-0.25, -0.2) is 9.97 Å². The molecule has 10 aromatic heterocycles. The molecule has 17 rings (SSSR count). The number of anilines is 7. The zero-order valence-corrected chi connectivity index (χ0v) is 75.6. The van der Waals surface area contributed by atoms with E-state index in [0.29, 0.717) is 97.3 Å². The van der Waals surface area contributed by atoms with Crippen LogP contribution < -0.4 is 89.3 Å². The first-order valence-electron chi connectivity index (χ1n) is 43.6. The molecule has 2 aliphatic rings. The van der Waals surface area contributed by atoms with Crippen molar-refractivity contribution in [2.45, 2.75) is 38.4 Å². The first kappa shape index (κ1) is 98.0. The first-order chi connectivity index (χ1) is 67.1. The number of methoxy groups -OCH3 is 2. The molecule has 15 aromatic rings. The fourth-order valence-corrected chi connectivity index (χ4v) is 13.8. The molecule has 138 heavy (non-hydrogen) atoms. The van der Waals surface area contributed by atoms with Gasteiger partial charge in [-0.1, -0.05) is 18.2 Å². The topological polar surface area (TPSA) is 506 Å². The number of carbonyl (C=O) groups excluding carboxylic acids is 5. The van der Waals surface area contributed by atoms with E-state index in [2.05, 4.69) is 107 Å². The summed E-state index contributed by atoms with van der Waals surface area (Å²) < 4.78 is 27.3. The number of hydrogen-bond acceptors (Lipinski definition) is 27. The molecular formula is C101H99N21O16. The normalized spacial score (nSPS) is 12.3. The highest BCUT2D eigenvalue weighted by molar-refractivity contribution is 6.07. The largest absolute Gasteiger partial charge is 0.497 e. The highest BCUT2D eigenvalue weighted by atomic mass is 16.5. The molecule has 0 aliphatic carbocycles. The number of benzene rings is 5. The Morgan fingerprint density at radius 1 is 0.428 bits per heavy atom. The van der Waals surface area contributed by atoms with E-state index >= 15 is 0 Å². The first-order valence-corrected chi connectivity index (χ1v) is 43.6. The summed E-state index contributed by atoms with van der Waals surface area (Å²) in [6.07, 6.45) is 26.4. The van der Waals surface area contributed by atoms with Gasteiger partial charge in [-0.05, 0) is 242 Å². The molecule has 1 atom stereocenters. The summed E-state index contributed by atoms with van der Waals surface area (Å²) in [7, 11) is 6.60. The number of hydrogen-bond donors (Lipinski definition) is 14. The van der Waals surface area contributed by atoms with Gasteiger partial charge < -0.3 is 96.2 Å². The maximum atomic E-state index is 12.7. The monoisotopic (exact) mass is 1860 g/mol. The molecule has 2 aliphatic heterocycles. The molecular weight excluding hydrogens is 1760 g/mol. The van der Waals surface area contributed by atoms with Gasteiger partial charge in [-0.2, -0.15) is 0 Å². The van der Waals surface area contributed by atoms with E-state index in [1.165, 1.54) is 12.4 Å². The maximum absolute atomic E-state index is 12.7. The van der Waals surface area contributed by atoms with Gasteiger partial charge in [-0.15, -0.1) is 0 Å². The number of aromatic amines is 5. The van der Waals surface area contributed by atoms with Crippen LogP contribution in [0.2, 0.25) is 0 Å². The minimum atomic E-state index is -0.643. The summed E-state index contributed by atoms with van der Waals surface area (Å²) in [6.45, 7) is 8.62. The van der Waals surface area contributed by atoms with Gasteiger partial charge in [0.25, 0.3) is 57.3 Å². The van der Waals surface area contributed by atoms with Crippen molar-refractivity contribution < 1.29 is 52.8 Å². The van der Waals surface area contributed by atoms with Gasteiger partial charge >= 0.3 is 0 Å². The molecule has 12 heterocycles. The van der Waals surface area contributed by atoms with E-state index < -0.39 is 57.5 Å². The van der Waals surface area contributed by atoms with Crippen molar-refractivity contribution in [3.63, 3.8) is 0 Å². The Labute approximate surface area is 789 Å². The molecule has 5 aromatic carbocycles. The van der Waals surface area contributed by atoms with Crippen LogP contribution in [-0.2, 0) is 4.74 Å². The van der Waals surface area contributed by atoms with Crippen LogP contribution in [0.5, 0.6) is 23.0 Å². The second-order valence-corrected chi connectivity index (χ2v) is 30.7. The van der Waals surface area contributed by atoms with E-state index in [4.69, 9.17) is 23.7 Å². The Kier molecular flexibility index (Phi) is 35.0. The average Bonchev–Trinajstić information content (AvgIpc) is 0.835. The molecule has 2 fully saturated rings. The summed E-state index contributed by atoms with van der Waals surface area (Å²) >= 11 is 0. The van der Waals surface area contributed by atoms with E-state index in [-0.39, 0.29) is 40.1 Å².